The summed E-state index contributed by atoms with van der Waals surface area (Å²) in [6.45, 7) is 2.34. The average molecular weight is 452 g/mol. The maximum atomic E-state index is 13.4. The van der Waals surface area contributed by atoms with Crippen molar-refractivity contribution in [2.75, 3.05) is 6.61 Å². The number of rotatable bonds is 7. The smallest absolute Gasteiger partial charge is 0.368 e. The molecule has 0 amide bonds. The van der Waals surface area contributed by atoms with Crippen LogP contribution < -0.4 is 9.47 Å². The molecule has 1 aliphatic rings. The molecule has 1 heterocycles. The predicted octanol–water partition coefficient (Wildman–Crippen LogP) is 5.80. The van der Waals surface area contributed by atoms with Crippen LogP contribution >= 0.6 is 11.6 Å². The normalized spacial score (nSPS) is 14.3. The van der Waals surface area contributed by atoms with Crippen LogP contribution in [0.25, 0.3) is 6.08 Å². The molecule has 0 atom stereocenters. The van der Waals surface area contributed by atoms with E-state index in [9.17, 15) is 9.18 Å². The van der Waals surface area contributed by atoms with Gasteiger partial charge in [0.1, 0.15) is 18.1 Å². The lowest BCUT2D eigenvalue weighted by Crippen LogP contribution is -2.07. The molecule has 0 unspecified atom stereocenters. The summed E-state index contributed by atoms with van der Waals surface area (Å²) < 4.78 is 25.0. The molecule has 0 aliphatic carbocycles. The minimum Gasteiger partial charge on any atom is -0.490 e. The van der Waals surface area contributed by atoms with Crippen molar-refractivity contribution >= 4 is 29.4 Å². The summed E-state index contributed by atoms with van der Waals surface area (Å²) in [4.78, 5) is 17.2. The van der Waals surface area contributed by atoms with Crippen molar-refractivity contribution in [3.8, 4) is 11.5 Å². The van der Waals surface area contributed by atoms with E-state index in [-0.39, 0.29) is 12.4 Å². The molecule has 7 heteroatoms. The van der Waals surface area contributed by atoms with Crippen LogP contribution in [0.5, 0.6) is 11.5 Å². The van der Waals surface area contributed by atoms with Crippen molar-refractivity contribution in [3.05, 3.63) is 99.8 Å². The molecule has 0 aromatic heterocycles. The Labute approximate surface area is 189 Å². The lowest BCUT2D eigenvalue weighted by Gasteiger charge is -2.15. The van der Waals surface area contributed by atoms with Gasteiger partial charge >= 0.3 is 5.97 Å². The summed E-state index contributed by atoms with van der Waals surface area (Å²) in [5.74, 6) is -0.147. The van der Waals surface area contributed by atoms with Gasteiger partial charge in [0.2, 0.25) is 0 Å². The third-order valence-electron chi connectivity index (χ3n) is 4.66. The molecule has 3 aromatic carbocycles. The summed E-state index contributed by atoms with van der Waals surface area (Å²) >= 11 is 6.49. The van der Waals surface area contributed by atoms with E-state index >= 15 is 0 Å². The number of nitrogens with zero attached hydrogens (tertiary/aromatic N) is 1. The number of halogens is 2. The lowest BCUT2D eigenvalue weighted by molar-refractivity contribution is -0.136. The highest BCUT2D eigenvalue weighted by Gasteiger charge is 2.27. The third kappa shape index (κ3) is 4.81. The summed E-state index contributed by atoms with van der Waals surface area (Å²) in [6.07, 6.45) is 1.64. The number of hydrogen-bond donors (Lipinski definition) is 0. The Morgan fingerprint density at radius 1 is 1.06 bits per heavy atom. The first-order valence-electron chi connectivity index (χ1n) is 9.95. The van der Waals surface area contributed by atoms with Gasteiger partial charge in [-0.05, 0) is 48.4 Å². The molecule has 1 aliphatic heterocycles. The zero-order valence-electron chi connectivity index (χ0n) is 17.2. The Kier molecular flexibility index (Phi) is 6.52. The molecule has 0 bridgehead atoms. The van der Waals surface area contributed by atoms with Gasteiger partial charge in [-0.15, -0.1) is 0 Å². The monoisotopic (exact) mass is 451 g/mol. The van der Waals surface area contributed by atoms with E-state index in [2.05, 4.69) is 5.16 Å². The van der Waals surface area contributed by atoms with E-state index < -0.39 is 5.97 Å². The molecule has 0 saturated heterocycles. The van der Waals surface area contributed by atoms with Crippen molar-refractivity contribution in [2.24, 2.45) is 5.16 Å². The van der Waals surface area contributed by atoms with Crippen molar-refractivity contribution in [1.82, 2.24) is 0 Å². The number of hydrogen-bond acceptors (Lipinski definition) is 5. The maximum Gasteiger partial charge on any atom is 0.368 e. The molecular formula is C25H19ClFNO4. The molecule has 0 radical (unpaired) electrons. The Hall–Kier alpha value is -3.64. The van der Waals surface area contributed by atoms with Crippen LogP contribution in [0.15, 0.2) is 77.5 Å². The van der Waals surface area contributed by atoms with E-state index in [4.69, 9.17) is 25.9 Å². The van der Waals surface area contributed by atoms with Crippen LogP contribution in [-0.2, 0) is 16.2 Å². The van der Waals surface area contributed by atoms with Gasteiger partial charge in [0.05, 0.1) is 17.2 Å². The first kappa shape index (κ1) is 21.6. The predicted molar refractivity (Wildman–Crippen MR) is 120 cm³/mol. The Morgan fingerprint density at radius 3 is 2.62 bits per heavy atom. The van der Waals surface area contributed by atoms with Gasteiger partial charge in [-0.25, -0.2) is 9.18 Å². The zero-order valence-corrected chi connectivity index (χ0v) is 17.9. The zero-order chi connectivity index (χ0) is 22.5. The average Bonchev–Trinajstić information content (AvgIpc) is 3.14. The SMILES string of the molecule is CCOc1cc(/C=C2\C(=O)ON=C2c2ccccc2)cc(Cl)c1OCc1cccc(F)c1. The number of oxime groups is 1. The van der Waals surface area contributed by atoms with E-state index in [0.717, 1.165) is 5.56 Å². The Bertz CT molecular complexity index is 1210. The third-order valence-corrected chi connectivity index (χ3v) is 4.94. The standard InChI is InChI=1S/C25H19ClFNO4/c1-2-30-22-14-17(12-20-23(28-32-25(20)29)18-8-4-3-5-9-18)13-21(26)24(22)31-15-16-7-6-10-19(27)11-16/h3-14H,2,15H2,1H3/b20-12-. The highest BCUT2D eigenvalue weighted by Crippen LogP contribution is 2.38. The lowest BCUT2D eigenvalue weighted by atomic mass is 10.0. The van der Waals surface area contributed by atoms with Gasteiger partial charge in [-0.3, -0.25) is 0 Å². The molecule has 0 spiro atoms. The minimum atomic E-state index is -0.552. The van der Waals surface area contributed by atoms with Crippen LogP contribution in [0.4, 0.5) is 4.39 Å². The van der Waals surface area contributed by atoms with E-state index in [0.29, 0.717) is 45.5 Å². The second-order valence-corrected chi connectivity index (χ2v) is 7.33. The Balaban J connectivity index is 1.65. The number of benzene rings is 3. The van der Waals surface area contributed by atoms with Crippen LogP contribution in [0.2, 0.25) is 5.02 Å². The van der Waals surface area contributed by atoms with Crippen LogP contribution in [0.1, 0.15) is 23.6 Å². The highest BCUT2D eigenvalue weighted by molar-refractivity contribution is 6.33. The van der Waals surface area contributed by atoms with Crippen molar-refractivity contribution < 1.29 is 23.5 Å². The van der Waals surface area contributed by atoms with Crippen LogP contribution in [0, 0.1) is 5.82 Å². The van der Waals surface area contributed by atoms with Gasteiger partial charge in [0, 0.05) is 5.56 Å². The highest BCUT2D eigenvalue weighted by atomic mass is 35.5. The van der Waals surface area contributed by atoms with Gasteiger partial charge in [-0.2, -0.15) is 0 Å². The van der Waals surface area contributed by atoms with Gasteiger partial charge < -0.3 is 14.3 Å². The summed E-state index contributed by atoms with van der Waals surface area (Å²) in [5.41, 5.74) is 2.79. The molecule has 5 nitrogen and oxygen atoms in total. The number of ether oxygens (including phenoxy) is 2. The van der Waals surface area contributed by atoms with Crippen molar-refractivity contribution in [3.63, 3.8) is 0 Å². The fraction of sp³-hybridized carbons (Fsp3) is 0.120. The van der Waals surface area contributed by atoms with Crippen LogP contribution in [0.3, 0.4) is 0 Å². The number of carbonyl (C=O) groups is 1. The molecular weight excluding hydrogens is 433 g/mol. The second kappa shape index (κ2) is 9.66. The van der Waals surface area contributed by atoms with Gasteiger partial charge in [0.25, 0.3) is 0 Å². The van der Waals surface area contributed by atoms with Crippen LogP contribution in [-0.4, -0.2) is 18.3 Å². The Morgan fingerprint density at radius 2 is 1.88 bits per heavy atom. The quantitative estimate of drug-likeness (QED) is 0.336. The maximum absolute atomic E-state index is 13.4. The summed E-state index contributed by atoms with van der Waals surface area (Å²) in [6, 6.07) is 18.8. The molecule has 0 fully saturated rings. The van der Waals surface area contributed by atoms with Gasteiger partial charge in [-0.1, -0.05) is 59.2 Å². The first-order chi connectivity index (χ1) is 15.5. The fourth-order valence-corrected chi connectivity index (χ4v) is 3.51. The molecule has 162 valence electrons. The second-order valence-electron chi connectivity index (χ2n) is 6.92. The topological polar surface area (TPSA) is 57.1 Å². The van der Waals surface area contributed by atoms with E-state index in [1.807, 2.05) is 37.3 Å². The minimum absolute atomic E-state index is 0.120. The molecule has 32 heavy (non-hydrogen) atoms. The van der Waals surface area contributed by atoms with Crippen molar-refractivity contribution in [1.29, 1.82) is 0 Å². The first-order valence-corrected chi connectivity index (χ1v) is 10.3. The summed E-state index contributed by atoms with van der Waals surface area (Å²) in [7, 11) is 0. The molecule has 4 rings (SSSR count). The number of carbonyl (C=O) groups excluding carboxylic acids is 1. The van der Waals surface area contributed by atoms with E-state index in [1.165, 1.54) is 12.1 Å². The molecule has 3 aromatic rings. The van der Waals surface area contributed by atoms with Crippen molar-refractivity contribution in [2.45, 2.75) is 13.5 Å². The summed E-state index contributed by atoms with van der Waals surface area (Å²) in [5, 5.41) is 4.21. The molecule has 0 saturated carbocycles. The largest absolute Gasteiger partial charge is 0.490 e. The fourth-order valence-electron chi connectivity index (χ4n) is 3.24. The molecule has 0 N–H and O–H groups in total. The van der Waals surface area contributed by atoms with E-state index in [1.54, 1.807) is 30.3 Å². The van der Waals surface area contributed by atoms with Gasteiger partial charge in [0.15, 0.2) is 11.5 Å².